The minimum Gasteiger partial charge on any atom is -0.494 e. The van der Waals surface area contributed by atoms with E-state index in [1.54, 1.807) is 6.08 Å². The maximum atomic E-state index is 13.2. The van der Waals surface area contributed by atoms with Gasteiger partial charge in [0.1, 0.15) is 11.6 Å². The molecule has 0 radical (unpaired) electrons. The van der Waals surface area contributed by atoms with E-state index in [1.165, 1.54) is 0 Å². The highest BCUT2D eigenvalue weighted by Crippen LogP contribution is 2.44. The van der Waals surface area contributed by atoms with E-state index in [0.717, 1.165) is 24.2 Å². The monoisotopic (exact) mass is 250 g/mol. The van der Waals surface area contributed by atoms with Crippen molar-refractivity contribution in [2.45, 2.75) is 25.7 Å². The predicted octanol–water partition coefficient (Wildman–Crippen LogP) is 3.42. The summed E-state index contributed by atoms with van der Waals surface area (Å²) < 4.78 is 18.6. The molecular weight excluding hydrogens is 231 g/mol. The molecule has 1 unspecified atom stereocenters. The molecule has 0 bridgehead atoms. The van der Waals surface area contributed by atoms with Gasteiger partial charge in [-0.2, -0.15) is 0 Å². The molecule has 0 spiro atoms. The minimum absolute atomic E-state index is 0.0767. The number of benzene rings is 1. The lowest BCUT2D eigenvalue weighted by Gasteiger charge is -2.13. The van der Waals surface area contributed by atoms with Crippen molar-refractivity contribution in [3.05, 3.63) is 41.7 Å². The van der Waals surface area contributed by atoms with Crippen LogP contribution >= 0.6 is 0 Å². The first kappa shape index (κ1) is 13.1. The Morgan fingerprint density at radius 2 is 2.11 bits per heavy atom. The molecule has 0 saturated heterocycles. The van der Waals surface area contributed by atoms with Crippen LogP contribution < -0.4 is 4.74 Å². The van der Waals surface area contributed by atoms with Gasteiger partial charge < -0.3 is 9.84 Å². The first-order chi connectivity index (χ1) is 8.74. The molecule has 0 aliphatic heterocycles. The third kappa shape index (κ3) is 3.33. The summed E-state index contributed by atoms with van der Waals surface area (Å²) in [4.78, 5) is 0. The number of hydrogen-bond donors (Lipinski definition) is 1. The Morgan fingerprint density at radius 1 is 1.44 bits per heavy atom. The quantitative estimate of drug-likeness (QED) is 0.838. The molecule has 1 aliphatic carbocycles. The van der Waals surface area contributed by atoms with Crippen molar-refractivity contribution in [1.82, 2.24) is 0 Å². The van der Waals surface area contributed by atoms with Crippen LogP contribution in [0.1, 0.15) is 31.2 Å². The predicted molar refractivity (Wildman–Crippen MR) is 69.4 cm³/mol. The number of aliphatic hydroxyl groups excluding tert-OH is 1. The Balaban J connectivity index is 2.15. The normalized spacial score (nSPS) is 17.6. The highest BCUT2D eigenvalue weighted by atomic mass is 19.1. The summed E-state index contributed by atoms with van der Waals surface area (Å²) in [7, 11) is 0. The SMILES string of the molecule is CCOc1ccc(C(C=C(F)CO)C2CC2)cc1. The maximum absolute atomic E-state index is 13.2. The molecule has 0 heterocycles. The number of halogens is 1. The molecule has 1 atom stereocenters. The molecule has 1 fully saturated rings. The molecule has 18 heavy (non-hydrogen) atoms. The molecule has 1 aromatic rings. The van der Waals surface area contributed by atoms with Crippen LogP contribution in [0.4, 0.5) is 4.39 Å². The van der Waals surface area contributed by atoms with Gasteiger partial charge in [-0.05, 0) is 49.5 Å². The average Bonchev–Trinajstić information content (AvgIpc) is 3.21. The van der Waals surface area contributed by atoms with Gasteiger partial charge in [0, 0.05) is 5.92 Å². The van der Waals surface area contributed by atoms with Gasteiger partial charge in [-0.3, -0.25) is 0 Å². The molecular formula is C15H19FO2. The lowest BCUT2D eigenvalue weighted by atomic mass is 9.93. The van der Waals surface area contributed by atoms with E-state index in [4.69, 9.17) is 9.84 Å². The summed E-state index contributed by atoms with van der Waals surface area (Å²) in [5.41, 5.74) is 1.09. The summed E-state index contributed by atoms with van der Waals surface area (Å²) in [6, 6.07) is 7.79. The van der Waals surface area contributed by atoms with Gasteiger partial charge in [-0.25, -0.2) is 4.39 Å². The number of aliphatic hydroxyl groups is 1. The summed E-state index contributed by atoms with van der Waals surface area (Å²) in [5.74, 6) is 0.983. The van der Waals surface area contributed by atoms with Crippen molar-refractivity contribution in [1.29, 1.82) is 0 Å². The Morgan fingerprint density at radius 3 is 2.61 bits per heavy atom. The fourth-order valence-electron chi connectivity index (χ4n) is 2.16. The standard InChI is InChI=1S/C15H19FO2/c1-2-18-14-7-5-12(6-8-14)15(11-3-4-11)9-13(16)10-17/h5-9,11,15,17H,2-4,10H2,1H3. The molecule has 0 amide bonds. The summed E-state index contributed by atoms with van der Waals surface area (Å²) in [5, 5.41) is 8.78. The first-order valence-electron chi connectivity index (χ1n) is 6.44. The Kier molecular flexibility index (Phi) is 4.37. The van der Waals surface area contributed by atoms with Crippen molar-refractivity contribution < 1.29 is 14.2 Å². The van der Waals surface area contributed by atoms with Gasteiger partial charge in [-0.1, -0.05) is 12.1 Å². The lowest BCUT2D eigenvalue weighted by molar-refractivity contribution is 0.296. The number of hydrogen-bond acceptors (Lipinski definition) is 2. The van der Waals surface area contributed by atoms with Crippen LogP contribution in [0.3, 0.4) is 0 Å². The van der Waals surface area contributed by atoms with Crippen molar-refractivity contribution in [3.63, 3.8) is 0 Å². The van der Waals surface area contributed by atoms with E-state index in [9.17, 15) is 4.39 Å². The molecule has 0 aromatic heterocycles. The Bertz CT molecular complexity index is 407. The van der Waals surface area contributed by atoms with Crippen LogP contribution in [0.2, 0.25) is 0 Å². The van der Waals surface area contributed by atoms with Crippen LogP contribution in [0.25, 0.3) is 0 Å². The lowest BCUT2D eigenvalue weighted by Crippen LogP contribution is -2.00. The van der Waals surface area contributed by atoms with Crippen LogP contribution in [-0.4, -0.2) is 18.3 Å². The molecule has 1 saturated carbocycles. The number of ether oxygens (including phenoxy) is 1. The zero-order valence-corrected chi connectivity index (χ0v) is 10.6. The topological polar surface area (TPSA) is 29.5 Å². The largest absolute Gasteiger partial charge is 0.494 e. The van der Waals surface area contributed by atoms with Crippen LogP contribution in [0, 0.1) is 5.92 Å². The Hall–Kier alpha value is -1.35. The van der Waals surface area contributed by atoms with Crippen molar-refractivity contribution >= 4 is 0 Å². The zero-order chi connectivity index (χ0) is 13.0. The first-order valence-corrected chi connectivity index (χ1v) is 6.44. The fraction of sp³-hybridized carbons (Fsp3) is 0.467. The van der Waals surface area contributed by atoms with E-state index >= 15 is 0 Å². The fourth-order valence-corrected chi connectivity index (χ4v) is 2.16. The smallest absolute Gasteiger partial charge is 0.122 e. The van der Waals surface area contributed by atoms with E-state index in [1.807, 2.05) is 31.2 Å². The number of allylic oxidation sites excluding steroid dienone is 1. The van der Waals surface area contributed by atoms with Crippen molar-refractivity contribution in [3.8, 4) is 5.75 Å². The molecule has 1 aromatic carbocycles. The molecule has 1 aliphatic rings. The highest BCUT2D eigenvalue weighted by Gasteiger charge is 2.31. The van der Waals surface area contributed by atoms with Gasteiger partial charge in [0.05, 0.1) is 13.2 Å². The van der Waals surface area contributed by atoms with Crippen molar-refractivity contribution in [2.24, 2.45) is 5.92 Å². The second-order valence-corrected chi connectivity index (χ2v) is 4.64. The second kappa shape index (κ2) is 6.01. The van der Waals surface area contributed by atoms with Gasteiger partial charge in [-0.15, -0.1) is 0 Å². The third-order valence-corrected chi connectivity index (χ3v) is 3.22. The van der Waals surface area contributed by atoms with E-state index in [0.29, 0.717) is 12.5 Å². The highest BCUT2D eigenvalue weighted by molar-refractivity contribution is 5.33. The molecule has 3 heteroatoms. The summed E-state index contributed by atoms with van der Waals surface area (Å²) >= 11 is 0. The van der Waals surface area contributed by atoms with E-state index in [2.05, 4.69) is 0 Å². The van der Waals surface area contributed by atoms with Gasteiger partial charge in [0.15, 0.2) is 0 Å². The second-order valence-electron chi connectivity index (χ2n) is 4.64. The molecule has 2 nitrogen and oxygen atoms in total. The van der Waals surface area contributed by atoms with Crippen molar-refractivity contribution in [2.75, 3.05) is 13.2 Å². The van der Waals surface area contributed by atoms with Gasteiger partial charge in [0.25, 0.3) is 0 Å². The average molecular weight is 250 g/mol. The van der Waals surface area contributed by atoms with Gasteiger partial charge in [0.2, 0.25) is 0 Å². The number of rotatable bonds is 6. The minimum atomic E-state index is -0.514. The summed E-state index contributed by atoms with van der Waals surface area (Å²) in [6.45, 7) is 2.07. The third-order valence-electron chi connectivity index (χ3n) is 3.22. The Labute approximate surface area is 107 Å². The van der Waals surface area contributed by atoms with Gasteiger partial charge >= 0.3 is 0 Å². The van der Waals surface area contributed by atoms with Crippen LogP contribution in [-0.2, 0) is 0 Å². The van der Waals surface area contributed by atoms with Crippen LogP contribution in [0.15, 0.2) is 36.2 Å². The van der Waals surface area contributed by atoms with E-state index in [-0.39, 0.29) is 5.92 Å². The zero-order valence-electron chi connectivity index (χ0n) is 10.6. The molecule has 98 valence electrons. The molecule has 1 N–H and O–H groups in total. The van der Waals surface area contributed by atoms with E-state index < -0.39 is 12.4 Å². The maximum Gasteiger partial charge on any atom is 0.122 e. The van der Waals surface area contributed by atoms with Crippen LogP contribution in [0.5, 0.6) is 5.75 Å². The summed E-state index contributed by atoms with van der Waals surface area (Å²) in [6.07, 6.45) is 3.81. The molecule has 2 rings (SSSR count).